The first kappa shape index (κ1) is 19.8. The van der Waals surface area contributed by atoms with E-state index < -0.39 is 5.97 Å². The summed E-state index contributed by atoms with van der Waals surface area (Å²) in [5.74, 6) is 0.597. The third-order valence-corrected chi connectivity index (χ3v) is 5.93. The first-order valence-electron chi connectivity index (χ1n) is 9.06. The van der Waals surface area contributed by atoms with Gasteiger partial charge in [0, 0.05) is 28.1 Å². The maximum absolute atomic E-state index is 13.0. The summed E-state index contributed by atoms with van der Waals surface area (Å²) in [5, 5.41) is 2.80. The molecule has 1 N–H and O–H groups in total. The largest absolute Gasteiger partial charge is 0.493 e. The van der Waals surface area contributed by atoms with E-state index in [2.05, 4.69) is 5.32 Å². The van der Waals surface area contributed by atoms with Gasteiger partial charge in [-0.15, -0.1) is 11.3 Å². The highest BCUT2D eigenvalue weighted by molar-refractivity contribution is 7.17. The molecule has 1 aromatic heterocycles. The smallest absolute Gasteiger partial charge is 0.340 e. The summed E-state index contributed by atoms with van der Waals surface area (Å²) in [7, 11) is 4.22. The van der Waals surface area contributed by atoms with Crippen LogP contribution in [0.1, 0.15) is 25.6 Å². The van der Waals surface area contributed by atoms with Crippen molar-refractivity contribution in [2.45, 2.75) is 6.61 Å². The molecule has 3 aromatic rings. The molecule has 2 aromatic carbocycles. The molecule has 0 saturated heterocycles. The van der Waals surface area contributed by atoms with E-state index in [1.807, 2.05) is 30.3 Å². The normalized spacial score (nSPS) is 11.6. The Kier molecular flexibility index (Phi) is 5.33. The fraction of sp³-hybridized carbons (Fsp3) is 0.182. The molecule has 2 heterocycles. The molecule has 0 aliphatic carbocycles. The molecule has 0 atom stereocenters. The van der Waals surface area contributed by atoms with Crippen LogP contribution >= 0.6 is 11.3 Å². The maximum atomic E-state index is 13.0. The molecule has 30 heavy (non-hydrogen) atoms. The standard InChI is InChI=1S/C22H19NO6S/c1-26-17-9-14(22(25)28-3)15(10-18(17)27-2)23-21(24)19-8-12-11-29-16-7-5-4-6-13(16)20(12)30-19/h4-10H,11H2,1-3H3,(H,23,24). The highest BCUT2D eigenvalue weighted by Crippen LogP contribution is 2.42. The lowest BCUT2D eigenvalue weighted by Crippen LogP contribution is -2.15. The first-order chi connectivity index (χ1) is 14.5. The minimum absolute atomic E-state index is 0.165. The Labute approximate surface area is 177 Å². The molecule has 0 unspecified atom stereocenters. The van der Waals surface area contributed by atoms with Crippen LogP contribution in [0.4, 0.5) is 5.69 Å². The molecule has 8 heteroatoms. The van der Waals surface area contributed by atoms with Gasteiger partial charge >= 0.3 is 5.97 Å². The summed E-state index contributed by atoms with van der Waals surface area (Å²) >= 11 is 1.38. The number of anilines is 1. The van der Waals surface area contributed by atoms with E-state index >= 15 is 0 Å². The summed E-state index contributed by atoms with van der Waals surface area (Å²) in [4.78, 5) is 26.7. The number of hydrogen-bond acceptors (Lipinski definition) is 7. The fourth-order valence-electron chi connectivity index (χ4n) is 3.26. The van der Waals surface area contributed by atoms with Crippen LogP contribution in [0.25, 0.3) is 10.4 Å². The predicted molar refractivity (Wildman–Crippen MR) is 113 cm³/mol. The molecule has 0 bridgehead atoms. The number of ether oxygens (including phenoxy) is 4. The molecular formula is C22H19NO6S. The minimum atomic E-state index is -0.598. The van der Waals surface area contributed by atoms with Gasteiger partial charge in [-0.3, -0.25) is 4.79 Å². The highest BCUT2D eigenvalue weighted by atomic mass is 32.1. The molecule has 154 valence electrons. The molecule has 0 radical (unpaired) electrons. The van der Waals surface area contributed by atoms with Crippen LogP contribution in [-0.4, -0.2) is 33.2 Å². The first-order valence-corrected chi connectivity index (χ1v) is 9.88. The number of carbonyl (C=O) groups is 2. The molecule has 1 aliphatic rings. The number of amides is 1. The summed E-state index contributed by atoms with van der Waals surface area (Å²) in [6, 6.07) is 12.5. The number of thiophene rings is 1. The molecule has 7 nitrogen and oxygen atoms in total. The fourth-order valence-corrected chi connectivity index (χ4v) is 4.35. The van der Waals surface area contributed by atoms with Gasteiger partial charge in [-0.2, -0.15) is 0 Å². The Morgan fingerprint density at radius 1 is 1.03 bits per heavy atom. The van der Waals surface area contributed by atoms with Crippen LogP contribution in [0.3, 0.4) is 0 Å². The Morgan fingerprint density at radius 3 is 2.50 bits per heavy atom. The van der Waals surface area contributed by atoms with Crippen molar-refractivity contribution in [3.63, 3.8) is 0 Å². The van der Waals surface area contributed by atoms with Crippen LogP contribution in [0.2, 0.25) is 0 Å². The summed E-state index contributed by atoms with van der Waals surface area (Å²) in [6.45, 7) is 0.403. The van der Waals surface area contributed by atoms with E-state index in [-0.39, 0.29) is 17.2 Å². The number of methoxy groups -OCH3 is 3. The van der Waals surface area contributed by atoms with E-state index in [1.165, 1.54) is 44.8 Å². The van der Waals surface area contributed by atoms with Crippen molar-refractivity contribution in [3.05, 3.63) is 58.5 Å². The minimum Gasteiger partial charge on any atom is -0.493 e. The lowest BCUT2D eigenvalue weighted by atomic mass is 10.1. The van der Waals surface area contributed by atoms with E-state index in [9.17, 15) is 9.59 Å². The number of nitrogens with one attached hydrogen (secondary N) is 1. The van der Waals surface area contributed by atoms with Gasteiger partial charge in [-0.25, -0.2) is 4.79 Å². The Morgan fingerprint density at radius 2 is 1.77 bits per heavy atom. The number of carbonyl (C=O) groups excluding carboxylic acids is 2. The van der Waals surface area contributed by atoms with Crippen LogP contribution in [0.5, 0.6) is 17.2 Å². The van der Waals surface area contributed by atoms with Crippen molar-refractivity contribution in [2.75, 3.05) is 26.6 Å². The van der Waals surface area contributed by atoms with Crippen LogP contribution in [0, 0.1) is 0 Å². The number of benzene rings is 2. The van der Waals surface area contributed by atoms with E-state index in [0.717, 1.165) is 21.8 Å². The molecule has 1 aliphatic heterocycles. The number of para-hydroxylation sites is 1. The molecular weight excluding hydrogens is 406 g/mol. The van der Waals surface area contributed by atoms with Gasteiger partial charge in [0.05, 0.1) is 37.5 Å². The van der Waals surface area contributed by atoms with Crippen molar-refractivity contribution in [1.82, 2.24) is 0 Å². The van der Waals surface area contributed by atoms with Crippen molar-refractivity contribution >= 4 is 28.9 Å². The van der Waals surface area contributed by atoms with E-state index in [4.69, 9.17) is 18.9 Å². The Hall–Kier alpha value is -3.52. The molecule has 0 saturated carbocycles. The molecule has 4 rings (SSSR count). The predicted octanol–water partition coefficient (Wildman–Crippen LogP) is 4.36. The zero-order valence-corrected chi connectivity index (χ0v) is 17.4. The van der Waals surface area contributed by atoms with Gasteiger partial charge in [0.2, 0.25) is 0 Å². The summed E-state index contributed by atoms with van der Waals surface area (Å²) in [5.41, 5.74) is 2.35. The Balaban J connectivity index is 1.68. The summed E-state index contributed by atoms with van der Waals surface area (Å²) in [6.07, 6.45) is 0. The van der Waals surface area contributed by atoms with Gasteiger partial charge < -0.3 is 24.3 Å². The second kappa shape index (κ2) is 8.08. The maximum Gasteiger partial charge on any atom is 0.340 e. The number of rotatable bonds is 5. The second-order valence-electron chi connectivity index (χ2n) is 6.45. The third kappa shape index (κ3) is 3.46. The number of hydrogen-bond donors (Lipinski definition) is 1. The lowest BCUT2D eigenvalue weighted by Gasteiger charge is -2.16. The number of esters is 1. The monoisotopic (exact) mass is 425 g/mol. The Bertz CT molecular complexity index is 1140. The van der Waals surface area contributed by atoms with Crippen molar-refractivity contribution in [1.29, 1.82) is 0 Å². The highest BCUT2D eigenvalue weighted by Gasteiger charge is 2.24. The quantitative estimate of drug-likeness (QED) is 0.612. The van der Waals surface area contributed by atoms with Crippen molar-refractivity contribution in [3.8, 4) is 27.7 Å². The van der Waals surface area contributed by atoms with Crippen LogP contribution in [0.15, 0.2) is 42.5 Å². The summed E-state index contributed by atoms with van der Waals surface area (Å²) < 4.78 is 21.2. The molecule has 1 amide bonds. The third-order valence-electron chi connectivity index (χ3n) is 4.72. The van der Waals surface area contributed by atoms with Crippen LogP contribution < -0.4 is 19.5 Å². The van der Waals surface area contributed by atoms with Gasteiger partial charge in [-0.1, -0.05) is 12.1 Å². The molecule has 0 spiro atoms. The van der Waals surface area contributed by atoms with Crippen molar-refractivity contribution in [2.24, 2.45) is 0 Å². The topological polar surface area (TPSA) is 83.1 Å². The average Bonchev–Trinajstić information content (AvgIpc) is 3.23. The van der Waals surface area contributed by atoms with E-state index in [1.54, 1.807) is 0 Å². The van der Waals surface area contributed by atoms with Gasteiger partial charge in [0.15, 0.2) is 11.5 Å². The molecule has 0 fully saturated rings. The van der Waals surface area contributed by atoms with Gasteiger partial charge in [0.25, 0.3) is 5.91 Å². The van der Waals surface area contributed by atoms with Crippen LogP contribution in [-0.2, 0) is 11.3 Å². The van der Waals surface area contributed by atoms with Crippen molar-refractivity contribution < 1.29 is 28.5 Å². The second-order valence-corrected chi connectivity index (χ2v) is 7.50. The zero-order chi connectivity index (χ0) is 21.3. The van der Waals surface area contributed by atoms with E-state index in [0.29, 0.717) is 23.0 Å². The van der Waals surface area contributed by atoms with Gasteiger partial charge in [-0.05, 0) is 18.2 Å². The zero-order valence-electron chi connectivity index (χ0n) is 16.6. The number of fused-ring (bicyclic) bond motifs is 3. The lowest BCUT2D eigenvalue weighted by molar-refractivity contribution is 0.0601. The SMILES string of the molecule is COC(=O)c1cc(OC)c(OC)cc1NC(=O)c1cc2c(s1)-c1ccccc1OC2. The average molecular weight is 425 g/mol. The van der Waals surface area contributed by atoms with Gasteiger partial charge in [0.1, 0.15) is 12.4 Å².